The van der Waals surface area contributed by atoms with Crippen molar-refractivity contribution in [2.75, 3.05) is 0 Å². The summed E-state index contributed by atoms with van der Waals surface area (Å²) < 4.78 is 0. The number of aliphatic hydroxyl groups excluding tert-OH is 1. The molecule has 3 aliphatic rings. The van der Waals surface area contributed by atoms with Crippen molar-refractivity contribution in [3.05, 3.63) is 24.3 Å². The number of aliphatic carboxylic acids is 1. The van der Waals surface area contributed by atoms with Crippen LogP contribution in [0.3, 0.4) is 0 Å². The van der Waals surface area contributed by atoms with E-state index in [1.165, 1.54) is 44.9 Å². The number of hydrogen-bond donors (Lipinski definition) is 2. The standard InChI is InChI=1S/C23H36O3/c24-20(15-17-7-5-6-8-17)13-14-22-19-12-11-18(16-19)21(22)9-3-1-2-4-10-23(25)26/h1,3,13-14,17-22,24H,2,4-12,15-16H2,(H,25,26)/b3-1-,14-13+/t18-,19+,20?,21-,22+/m1/s1. The molecule has 3 nitrogen and oxygen atoms in total. The zero-order valence-corrected chi connectivity index (χ0v) is 16.1. The average Bonchev–Trinajstić information content (AvgIpc) is 3.33. The number of allylic oxidation sites excluding steroid dienone is 3. The molecular formula is C23H36O3. The Morgan fingerprint density at radius 3 is 2.62 bits per heavy atom. The first-order valence-electron chi connectivity index (χ1n) is 10.9. The van der Waals surface area contributed by atoms with Gasteiger partial charge in [0, 0.05) is 6.42 Å². The molecule has 0 aromatic heterocycles. The average molecular weight is 361 g/mol. The molecule has 0 heterocycles. The number of rotatable bonds is 10. The highest BCUT2D eigenvalue weighted by Gasteiger charge is 2.45. The van der Waals surface area contributed by atoms with E-state index >= 15 is 0 Å². The number of carbonyl (C=O) groups is 1. The number of carboxylic acids is 1. The first-order chi connectivity index (χ1) is 12.6. The minimum Gasteiger partial charge on any atom is -0.481 e. The van der Waals surface area contributed by atoms with Crippen LogP contribution >= 0.6 is 0 Å². The summed E-state index contributed by atoms with van der Waals surface area (Å²) in [5.41, 5.74) is 0. The maximum atomic E-state index is 10.6. The molecule has 26 heavy (non-hydrogen) atoms. The van der Waals surface area contributed by atoms with E-state index in [2.05, 4.69) is 24.3 Å². The fraction of sp³-hybridized carbons (Fsp3) is 0.783. The molecule has 0 aromatic carbocycles. The fourth-order valence-electron chi connectivity index (χ4n) is 5.77. The van der Waals surface area contributed by atoms with Crippen LogP contribution in [0.25, 0.3) is 0 Å². The van der Waals surface area contributed by atoms with E-state index in [1.807, 2.05) is 0 Å². The molecule has 2 N–H and O–H groups in total. The van der Waals surface area contributed by atoms with Crippen LogP contribution in [0.1, 0.15) is 77.0 Å². The summed E-state index contributed by atoms with van der Waals surface area (Å²) in [6.07, 6.45) is 22.0. The molecule has 0 saturated heterocycles. The predicted molar refractivity (Wildman–Crippen MR) is 105 cm³/mol. The minimum absolute atomic E-state index is 0.260. The highest BCUT2D eigenvalue weighted by atomic mass is 16.4. The molecule has 0 radical (unpaired) electrons. The SMILES string of the molecule is O=C(O)CCC/C=C\C[C@@H]1[C@@H]2CC[C@@H](C2)[C@@H]1/C=C/C(O)CC1CCCC1. The first-order valence-corrected chi connectivity index (χ1v) is 10.9. The molecule has 146 valence electrons. The third-order valence-electron chi connectivity index (χ3n) is 7.10. The first kappa shape index (κ1) is 19.7. The Bertz CT molecular complexity index is 504. The molecule has 3 heteroatoms. The van der Waals surface area contributed by atoms with Crippen molar-refractivity contribution in [1.29, 1.82) is 0 Å². The second-order valence-electron chi connectivity index (χ2n) is 8.91. The molecule has 3 aliphatic carbocycles. The molecule has 1 unspecified atom stereocenters. The lowest BCUT2D eigenvalue weighted by molar-refractivity contribution is -0.137. The summed E-state index contributed by atoms with van der Waals surface area (Å²) >= 11 is 0. The molecule has 0 aromatic rings. The zero-order chi connectivity index (χ0) is 18.4. The lowest BCUT2D eigenvalue weighted by Gasteiger charge is -2.28. The van der Waals surface area contributed by atoms with Gasteiger partial charge in [-0.15, -0.1) is 0 Å². The van der Waals surface area contributed by atoms with Crippen molar-refractivity contribution < 1.29 is 15.0 Å². The van der Waals surface area contributed by atoms with Crippen molar-refractivity contribution in [2.45, 2.75) is 83.2 Å². The Morgan fingerprint density at radius 2 is 1.85 bits per heavy atom. The number of unbranched alkanes of at least 4 members (excludes halogenated alkanes) is 1. The summed E-state index contributed by atoms with van der Waals surface area (Å²) in [4.78, 5) is 10.6. The topological polar surface area (TPSA) is 57.5 Å². The smallest absolute Gasteiger partial charge is 0.303 e. The Labute approximate surface area is 158 Å². The molecule has 0 spiro atoms. The van der Waals surface area contributed by atoms with Crippen LogP contribution < -0.4 is 0 Å². The van der Waals surface area contributed by atoms with E-state index in [0.717, 1.165) is 49.4 Å². The van der Waals surface area contributed by atoms with Gasteiger partial charge in [0.2, 0.25) is 0 Å². The van der Waals surface area contributed by atoms with Gasteiger partial charge in [-0.1, -0.05) is 50.0 Å². The normalized spacial score (nSPS) is 33.0. The van der Waals surface area contributed by atoms with Gasteiger partial charge in [-0.2, -0.15) is 0 Å². The zero-order valence-electron chi connectivity index (χ0n) is 16.1. The maximum absolute atomic E-state index is 10.6. The summed E-state index contributed by atoms with van der Waals surface area (Å²) in [5, 5.41) is 19.1. The minimum atomic E-state index is -0.701. The van der Waals surface area contributed by atoms with E-state index in [-0.39, 0.29) is 12.5 Å². The van der Waals surface area contributed by atoms with Gasteiger partial charge in [-0.25, -0.2) is 0 Å². The van der Waals surface area contributed by atoms with Crippen LogP contribution in [-0.2, 0) is 4.79 Å². The summed E-state index contributed by atoms with van der Waals surface area (Å²) in [6, 6.07) is 0. The molecule has 2 bridgehead atoms. The van der Waals surface area contributed by atoms with Crippen LogP contribution in [0.15, 0.2) is 24.3 Å². The third-order valence-corrected chi connectivity index (χ3v) is 7.10. The van der Waals surface area contributed by atoms with Crippen LogP contribution in [0.5, 0.6) is 0 Å². The summed E-state index contributed by atoms with van der Waals surface area (Å²) in [5.74, 6) is 3.06. The van der Waals surface area contributed by atoms with E-state index in [9.17, 15) is 9.90 Å². The van der Waals surface area contributed by atoms with Gasteiger partial charge >= 0.3 is 5.97 Å². The quantitative estimate of drug-likeness (QED) is 0.408. The van der Waals surface area contributed by atoms with Gasteiger partial charge in [0.25, 0.3) is 0 Å². The second kappa shape index (κ2) is 9.73. The second-order valence-corrected chi connectivity index (χ2v) is 8.91. The molecule has 3 fully saturated rings. The lowest BCUT2D eigenvalue weighted by Crippen LogP contribution is -2.21. The lowest BCUT2D eigenvalue weighted by atomic mass is 9.77. The summed E-state index contributed by atoms with van der Waals surface area (Å²) in [7, 11) is 0. The van der Waals surface area contributed by atoms with Crippen molar-refractivity contribution in [3.63, 3.8) is 0 Å². The molecule has 3 rings (SSSR count). The van der Waals surface area contributed by atoms with E-state index in [0.29, 0.717) is 5.92 Å². The van der Waals surface area contributed by atoms with Gasteiger partial charge in [0.1, 0.15) is 0 Å². The number of aliphatic hydroxyl groups is 1. The number of hydrogen-bond acceptors (Lipinski definition) is 2. The Morgan fingerprint density at radius 1 is 1.08 bits per heavy atom. The largest absolute Gasteiger partial charge is 0.481 e. The Hall–Kier alpha value is -1.09. The van der Waals surface area contributed by atoms with Crippen molar-refractivity contribution >= 4 is 5.97 Å². The van der Waals surface area contributed by atoms with Crippen molar-refractivity contribution in [2.24, 2.45) is 29.6 Å². The number of carboxylic acid groups (broad SMARTS) is 1. The van der Waals surface area contributed by atoms with Crippen LogP contribution in [-0.4, -0.2) is 22.3 Å². The molecule has 0 amide bonds. The molecule has 5 atom stereocenters. The monoisotopic (exact) mass is 360 g/mol. The van der Waals surface area contributed by atoms with E-state index in [1.54, 1.807) is 0 Å². The van der Waals surface area contributed by atoms with Crippen molar-refractivity contribution in [3.8, 4) is 0 Å². The molecule has 3 saturated carbocycles. The highest BCUT2D eigenvalue weighted by Crippen LogP contribution is 2.54. The van der Waals surface area contributed by atoms with Crippen molar-refractivity contribution in [1.82, 2.24) is 0 Å². The highest BCUT2D eigenvalue weighted by molar-refractivity contribution is 5.66. The van der Waals surface area contributed by atoms with Gasteiger partial charge in [-0.05, 0) is 74.5 Å². The Kier molecular flexibility index (Phi) is 7.36. The van der Waals surface area contributed by atoms with E-state index in [4.69, 9.17) is 5.11 Å². The van der Waals surface area contributed by atoms with Gasteiger partial charge in [-0.3, -0.25) is 4.79 Å². The van der Waals surface area contributed by atoms with Gasteiger partial charge in [0.05, 0.1) is 6.10 Å². The third kappa shape index (κ3) is 5.45. The van der Waals surface area contributed by atoms with Gasteiger partial charge < -0.3 is 10.2 Å². The van der Waals surface area contributed by atoms with Crippen LogP contribution in [0, 0.1) is 29.6 Å². The Balaban J connectivity index is 1.46. The fourth-order valence-corrected chi connectivity index (χ4v) is 5.77. The van der Waals surface area contributed by atoms with E-state index < -0.39 is 5.97 Å². The van der Waals surface area contributed by atoms with Crippen LogP contribution in [0.4, 0.5) is 0 Å². The molecule has 0 aliphatic heterocycles. The van der Waals surface area contributed by atoms with Crippen LogP contribution in [0.2, 0.25) is 0 Å². The predicted octanol–water partition coefficient (Wildman–Crippen LogP) is 5.35. The maximum Gasteiger partial charge on any atom is 0.303 e. The number of fused-ring (bicyclic) bond motifs is 2. The van der Waals surface area contributed by atoms with Gasteiger partial charge in [0.15, 0.2) is 0 Å². The molecular weight excluding hydrogens is 324 g/mol. The summed E-state index contributed by atoms with van der Waals surface area (Å²) in [6.45, 7) is 0.